The Morgan fingerprint density at radius 1 is 1.03 bits per heavy atom. The van der Waals surface area contributed by atoms with E-state index in [1.807, 2.05) is 66.7 Å². The molecule has 3 aromatic carbocycles. The van der Waals surface area contributed by atoms with Crippen molar-refractivity contribution in [3.05, 3.63) is 103 Å². The second kappa shape index (κ2) is 9.16. The topological polar surface area (TPSA) is 47.9 Å². The van der Waals surface area contributed by atoms with E-state index in [0.29, 0.717) is 27.6 Å². The van der Waals surface area contributed by atoms with E-state index in [1.165, 1.54) is 0 Å². The van der Waals surface area contributed by atoms with Crippen LogP contribution in [-0.4, -0.2) is 11.7 Å². The molecule has 0 spiro atoms. The minimum Gasteiger partial charge on any atom is -0.487 e. The first-order valence-electron chi connectivity index (χ1n) is 8.95. The van der Waals surface area contributed by atoms with Gasteiger partial charge in [-0.25, -0.2) is 4.79 Å². The molecule has 0 unspecified atom stereocenters. The van der Waals surface area contributed by atoms with Crippen LogP contribution in [0.2, 0.25) is 5.02 Å². The first kappa shape index (κ1) is 20.8. The Hall–Kier alpha value is -2.41. The predicted molar refractivity (Wildman–Crippen MR) is 125 cm³/mol. The zero-order chi connectivity index (χ0) is 21.1. The van der Waals surface area contributed by atoms with Crippen LogP contribution in [0.5, 0.6) is 5.75 Å². The van der Waals surface area contributed by atoms with Crippen molar-refractivity contribution in [2.75, 3.05) is 0 Å². The SMILES string of the molecule is O=C1ON=C(c2ccccc2)/C1=C/c1cc(Br)cc(Br)c1OCc1ccccc1Cl. The Labute approximate surface area is 195 Å². The van der Waals surface area contributed by atoms with Gasteiger partial charge in [-0.2, -0.15) is 0 Å². The molecule has 4 rings (SSSR count). The third-order valence-corrected chi connectivity index (χ3v) is 5.82. The van der Waals surface area contributed by atoms with Crippen LogP contribution >= 0.6 is 43.5 Å². The summed E-state index contributed by atoms with van der Waals surface area (Å²) in [6, 6.07) is 20.7. The van der Waals surface area contributed by atoms with Gasteiger partial charge in [-0.1, -0.05) is 81.2 Å². The largest absolute Gasteiger partial charge is 0.487 e. The number of benzene rings is 3. The van der Waals surface area contributed by atoms with Crippen LogP contribution in [0.4, 0.5) is 0 Å². The highest BCUT2D eigenvalue weighted by molar-refractivity contribution is 9.11. The molecule has 0 aliphatic carbocycles. The fourth-order valence-electron chi connectivity index (χ4n) is 2.97. The van der Waals surface area contributed by atoms with Crippen molar-refractivity contribution in [3.8, 4) is 5.75 Å². The average molecular weight is 548 g/mol. The van der Waals surface area contributed by atoms with Gasteiger partial charge in [-0.3, -0.25) is 0 Å². The second-order valence-corrected chi connectivity index (χ2v) is 8.61. The maximum atomic E-state index is 12.4. The number of halogens is 3. The van der Waals surface area contributed by atoms with Crippen LogP contribution in [0.15, 0.2) is 86.4 Å². The lowest BCUT2D eigenvalue weighted by molar-refractivity contribution is -0.136. The molecule has 1 heterocycles. The maximum Gasteiger partial charge on any atom is 0.368 e. The molecular formula is C23H14Br2ClNO3. The summed E-state index contributed by atoms with van der Waals surface area (Å²) in [7, 11) is 0. The molecular weight excluding hydrogens is 534 g/mol. The summed E-state index contributed by atoms with van der Waals surface area (Å²) in [5.41, 5.74) is 3.19. The molecule has 0 saturated heterocycles. The zero-order valence-electron chi connectivity index (χ0n) is 15.4. The van der Waals surface area contributed by atoms with Gasteiger partial charge in [-0.05, 0) is 40.2 Å². The molecule has 3 aromatic rings. The standard InChI is InChI=1S/C23H14Br2ClNO3/c24-17-10-16(11-18-21(27-30-23(18)28)14-6-2-1-3-7-14)22(19(25)12-17)29-13-15-8-4-5-9-20(15)26/h1-12H,13H2/b18-11-. The molecule has 0 amide bonds. The van der Waals surface area contributed by atoms with E-state index >= 15 is 0 Å². The van der Waals surface area contributed by atoms with Crippen molar-refractivity contribution in [1.29, 1.82) is 0 Å². The fraction of sp³-hybridized carbons (Fsp3) is 0.0435. The minimum absolute atomic E-state index is 0.278. The predicted octanol–water partition coefficient (Wildman–Crippen LogP) is 6.79. The number of oxime groups is 1. The molecule has 150 valence electrons. The minimum atomic E-state index is -0.512. The van der Waals surface area contributed by atoms with E-state index < -0.39 is 5.97 Å². The van der Waals surface area contributed by atoms with Crippen LogP contribution in [0.25, 0.3) is 6.08 Å². The van der Waals surface area contributed by atoms with Gasteiger partial charge in [0.05, 0.1) is 10.0 Å². The molecule has 0 bridgehead atoms. The summed E-state index contributed by atoms with van der Waals surface area (Å²) in [6.45, 7) is 0.278. The fourth-order valence-corrected chi connectivity index (χ4v) is 4.54. The highest BCUT2D eigenvalue weighted by Crippen LogP contribution is 2.36. The van der Waals surface area contributed by atoms with Gasteiger partial charge in [0.1, 0.15) is 18.1 Å². The van der Waals surface area contributed by atoms with Gasteiger partial charge in [0, 0.05) is 26.2 Å². The monoisotopic (exact) mass is 545 g/mol. The van der Waals surface area contributed by atoms with Gasteiger partial charge < -0.3 is 9.57 Å². The molecule has 0 fully saturated rings. The quantitative estimate of drug-likeness (QED) is 0.261. The molecule has 4 nitrogen and oxygen atoms in total. The lowest BCUT2D eigenvalue weighted by atomic mass is 10.0. The highest BCUT2D eigenvalue weighted by atomic mass is 79.9. The molecule has 0 radical (unpaired) electrons. The second-order valence-electron chi connectivity index (χ2n) is 6.43. The number of nitrogens with zero attached hydrogens (tertiary/aromatic N) is 1. The highest BCUT2D eigenvalue weighted by Gasteiger charge is 2.27. The van der Waals surface area contributed by atoms with Gasteiger partial charge in [0.2, 0.25) is 0 Å². The van der Waals surface area contributed by atoms with Crippen molar-refractivity contribution in [1.82, 2.24) is 0 Å². The van der Waals surface area contributed by atoms with Gasteiger partial charge >= 0.3 is 5.97 Å². The van der Waals surface area contributed by atoms with Crippen LogP contribution < -0.4 is 4.74 Å². The molecule has 30 heavy (non-hydrogen) atoms. The molecule has 0 aromatic heterocycles. The average Bonchev–Trinajstić information content (AvgIpc) is 3.09. The van der Waals surface area contributed by atoms with Crippen LogP contribution in [0.3, 0.4) is 0 Å². The van der Waals surface area contributed by atoms with Gasteiger partial charge in [0.15, 0.2) is 0 Å². The van der Waals surface area contributed by atoms with Gasteiger partial charge in [-0.15, -0.1) is 0 Å². The third kappa shape index (κ3) is 4.51. The number of rotatable bonds is 5. The van der Waals surface area contributed by atoms with Crippen molar-refractivity contribution >= 4 is 61.2 Å². The Bertz CT molecular complexity index is 1180. The summed E-state index contributed by atoms with van der Waals surface area (Å²) >= 11 is 13.3. The Balaban J connectivity index is 1.72. The van der Waals surface area contributed by atoms with E-state index in [0.717, 1.165) is 20.1 Å². The van der Waals surface area contributed by atoms with E-state index in [9.17, 15) is 4.79 Å². The lowest BCUT2D eigenvalue weighted by Gasteiger charge is -2.13. The molecule has 0 N–H and O–H groups in total. The smallest absolute Gasteiger partial charge is 0.368 e. The number of ether oxygens (including phenoxy) is 1. The molecule has 0 atom stereocenters. The van der Waals surface area contributed by atoms with Crippen molar-refractivity contribution < 1.29 is 14.4 Å². The van der Waals surface area contributed by atoms with E-state index in [-0.39, 0.29) is 6.61 Å². The first-order chi connectivity index (χ1) is 14.5. The summed E-state index contributed by atoms with van der Waals surface area (Å²) in [5, 5.41) is 4.59. The van der Waals surface area contributed by atoms with Crippen LogP contribution in [-0.2, 0) is 16.2 Å². The molecule has 0 saturated carbocycles. The van der Waals surface area contributed by atoms with Crippen molar-refractivity contribution in [3.63, 3.8) is 0 Å². The number of hydrogen-bond donors (Lipinski definition) is 0. The van der Waals surface area contributed by atoms with Gasteiger partial charge in [0.25, 0.3) is 0 Å². The van der Waals surface area contributed by atoms with E-state index in [4.69, 9.17) is 21.2 Å². The summed E-state index contributed by atoms with van der Waals surface area (Å²) in [5.74, 6) is 0.0692. The van der Waals surface area contributed by atoms with Crippen LogP contribution in [0.1, 0.15) is 16.7 Å². The molecule has 1 aliphatic heterocycles. The summed E-state index contributed by atoms with van der Waals surface area (Å²) in [6.07, 6.45) is 1.72. The number of carbonyl (C=O) groups is 1. The Kier molecular flexibility index (Phi) is 6.37. The third-order valence-electron chi connectivity index (χ3n) is 4.41. The first-order valence-corrected chi connectivity index (χ1v) is 10.9. The maximum absolute atomic E-state index is 12.4. The Morgan fingerprint density at radius 2 is 1.77 bits per heavy atom. The Morgan fingerprint density at radius 3 is 2.53 bits per heavy atom. The van der Waals surface area contributed by atoms with E-state index in [2.05, 4.69) is 37.0 Å². The lowest BCUT2D eigenvalue weighted by Crippen LogP contribution is -2.07. The summed E-state index contributed by atoms with van der Waals surface area (Å²) < 4.78 is 7.65. The molecule has 7 heteroatoms. The van der Waals surface area contributed by atoms with Crippen molar-refractivity contribution in [2.24, 2.45) is 5.16 Å². The van der Waals surface area contributed by atoms with Crippen LogP contribution in [0, 0.1) is 0 Å². The van der Waals surface area contributed by atoms with Crippen molar-refractivity contribution in [2.45, 2.75) is 6.61 Å². The van der Waals surface area contributed by atoms with E-state index in [1.54, 1.807) is 6.08 Å². The zero-order valence-corrected chi connectivity index (χ0v) is 19.4. The number of carbonyl (C=O) groups excluding carboxylic acids is 1. The number of hydrogen-bond acceptors (Lipinski definition) is 4. The normalized spacial score (nSPS) is 14.6. The molecule has 1 aliphatic rings. The summed E-state index contributed by atoms with van der Waals surface area (Å²) in [4.78, 5) is 17.3.